The molecular formula is C14H24N2O2. The van der Waals surface area contributed by atoms with Gasteiger partial charge in [-0.05, 0) is 30.0 Å². The smallest absolute Gasteiger partial charge is 0.123 e. The number of methoxy groups -OCH3 is 2. The Morgan fingerprint density at radius 1 is 1.28 bits per heavy atom. The molecule has 3 N–H and O–H groups in total. The molecule has 0 spiro atoms. The van der Waals surface area contributed by atoms with Crippen LogP contribution in [-0.4, -0.2) is 14.2 Å². The van der Waals surface area contributed by atoms with Crippen LogP contribution in [0.5, 0.6) is 11.5 Å². The molecule has 1 atom stereocenters. The van der Waals surface area contributed by atoms with Gasteiger partial charge in [0.1, 0.15) is 11.5 Å². The molecule has 0 aliphatic heterocycles. The lowest BCUT2D eigenvalue weighted by molar-refractivity contribution is 0.230. The maximum Gasteiger partial charge on any atom is 0.123 e. The molecule has 1 aromatic rings. The van der Waals surface area contributed by atoms with E-state index >= 15 is 0 Å². The number of hydrogen-bond donors (Lipinski definition) is 2. The monoisotopic (exact) mass is 252 g/mol. The Hall–Kier alpha value is -1.26. The Balaban J connectivity index is 3.26. The van der Waals surface area contributed by atoms with Crippen molar-refractivity contribution in [3.63, 3.8) is 0 Å². The zero-order valence-electron chi connectivity index (χ0n) is 11.9. The van der Waals surface area contributed by atoms with Crippen molar-refractivity contribution in [3.8, 4) is 11.5 Å². The van der Waals surface area contributed by atoms with Crippen LogP contribution in [0.4, 0.5) is 0 Å². The molecule has 0 amide bonds. The van der Waals surface area contributed by atoms with Gasteiger partial charge in [0.15, 0.2) is 0 Å². The van der Waals surface area contributed by atoms with E-state index in [4.69, 9.17) is 15.3 Å². The van der Waals surface area contributed by atoms with E-state index in [0.717, 1.165) is 23.5 Å². The van der Waals surface area contributed by atoms with Crippen LogP contribution in [0, 0.1) is 5.41 Å². The molecule has 0 saturated heterocycles. The standard InChI is InChI=1S/C14H24N2O2/c1-6-14(2,3)13(16-15)11-9-10(17-4)7-8-12(11)18-5/h7-9,13,16H,6,15H2,1-5H3. The van der Waals surface area contributed by atoms with Crippen LogP contribution >= 0.6 is 0 Å². The number of ether oxygens (including phenoxy) is 2. The van der Waals surface area contributed by atoms with Crippen LogP contribution < -0.4 is 20.7 Å². The summed E-state index contributed by atoms with van der Waals surface area (Å²) in [4.78, 5) is 0. The van der Waals surface area contributed by atoms with Gasteiger partial charge in [0.05, 0.1) is 20.3 Å². The minimum Gasteiger partial charge on any atom is -0.497 e. The van der Waals surface area contributed by atoms with Crippen LogP contribution in [-0.2, 0) is 0 Å². The summed E-state index contributed by atoms with van der Waals surface area (Å²) in [5, 5.41) is 0. The third-order valence-corrected chi connectivity index (χ3v) is 3.61. The lowest BCUT2D eigenvalue weighted by atomic mass is 9.78. The zero-order valence-corrected chi connectivity index (χ0v) is 11.9. The second-order valence-electron chi connectivity index (χ2n) is 5.05. The fourth-order valence-corrected chi connectivity index (χ4v) is 2.01. The molecule has 4 nitrogen and oxygen atoms in total. The minimum atomic E-state index is 0.00699. The van der Waals surface area contributed by atoms with Gasteiger partial charge in [-0.3, -0.25) is 11.3 Å². The van der Waals surface area contributed by atoms with Crippen molar-refractivity contribution < 1.29 is 9.47 Å². The normalized spacial score (nSPS) is 13.2. The lowest BCUT2D eigenvalue weighted by Crippen LogP contribution is -2.38. The average Bonchev–Trinajstić information content (AvgIpc) is 2.39. The topological polar surface area (TPSA) is 56.5 Å². The van der Waals surface area contributed by atoms with Crippen LogP contribution in [0.15, 0.2) is 18.2 Å². The number of rotatable bonds is 6. The van der Waals surface area contributed by atoms with Crippen molar-refractivity contribution >= 4 is 0 Å². The maximum atomic E-state index is 5.74. The summed E-state index contributed by atoms with van der Waals surface area (Å²) in [6, 6.07) is 5.77. The summed E-state index contributed by atoms with van der Waals surface area (Å²) in [6.45, 7) is 6.50. The molecule has 0 radical (unpaired) electrons. The average molecular weight is 252 g/mol. The first-order chi connectivity index (χ1) is 8.50. The van der Waals surface area contributed by atoms with Crippen molar-refractivity contribution in [1.82, 2.24) is 5.43 Å². The first-order valence-electron chi connectivity index (χ1n) is 6.18. The molecule has 0 bridgehead atoms. The van der Waals surface area contributed by atoms with Gasteiger partial charge in [-0.15, -0.1) is 0 Å². The molecule has 1 unspecified atom stereocenters. The summed E-state index contributed by atoms with van der Waals surface area (Å²) in [6.07, 6.45) is 1.00. The molecule has 0 aliphatic rings. The largest absolute Gasteiger partial charge is 0.497 e. The Morgan fingerprint density at radius 2 is 1.94 bits per heavy atom. The van der Waals surface area contributed by atoms with Gasteiger partial charge < -0.3 is 9.47 Å². The molecule has 0 heterocycles. The highest BCUT2D eigenvalue weighted by Gasteiger charge is 2.30. The van der Waals surface area contributed by atoms with Gasteiger partial charge >= 0.3 is 0 Å². The quantitative estimate of drug-likeness (QED) is 0.603. The highest BCUT2D eigenvalue weighted by molar-refractivity contribution is 5.43. The minimum absolute atomic E-state index is 0.00699. The van der Waals surface area contributed by atoms with Gasteiger partial charge in [-0.25, -0.2) is 0 Å². The summed E-state index contributed by atoms with van der Waals surface area (Å²) in [7, 11) is 3.32. The Labute approximate surface area is 109 Å². The van der Waals surface area contributed by atoms with Crippen molar-refractivity contribution in [1.29, 1.82) is 0 Å². The molecule has 0 aromatic heterocycles. The van der Waals surface area contributed by atoms with E-state index in [2.05, 4.69) is 26.2 Å². The molecule has 0 saturated carbocycles. The predicted molar refractivity (Wildman–Crippen MR) is 73.7 cm³/mol. The summed E-state index contributed by atoms with van der Waals surface area (Å²) >= 11 is 0. The SMILES string of the molecule is CCC(C)(C)C(NN)c1cc(OC)ccc1OC. The third-order valence-electron chi connectivity index (χ3n) is 3.61. The second kappa shape index (κ2) is 6.07. The highest BCUT2D eigenvalue weighted by atomic mass is 16.5. The predicted octanol–water partition coefficient (Wildman–Crippen LogP) is 2.64. The molecule has 0 fully saturated rings. The number of hydrogen-bond acceptors (Lipinski definition) is 4. The summed E-state index contributed by atoms with van der Waals surface area (Å²) in [5.41, 5.74) is 3.94. The van der Waals surface area contributed by atoms with E-state index in [-0.39, 0.29) is 11.5 Å². The number of nitrogens with one attached hydrogen (secondary N) is 1. The molecular weight excluding hydrogens is 228 g/mol. The Bertz CT molecular complexity index is 391. The molecule has 1 rings (SSSR count). The van der Waals surface area contributed by atoms with Gasteiger partial charge in [0, 0.05) is 5.56 Å². The fraction of sp³-hybridized carbons (Fsp3) is 0.571. The van der Waals surface area contributed by atoms with Gasteiger partial charge in [-0.1, -0.05) is 20.8 Å². The first-order valence-corrected chi connectivity index (χ1v) is 6.18. The van der Waals surface area contributed by atoms with E-state index in [1.165, 1.54) is 0 Å². The van der Waals surface area contributed by atoms with Crippen LogP contribution in [0.25, 0.3) is 0 Å². The summed E-state index contributed by atoms with van der Waals surface area (Å²) < 4.78 is 10.7. The van der Waals surface area contributed by atoms with E-state index < -0.39 is 0 Å². The molecule has 18 heavy (non-hydrogen) atoms. The Kier molecular flexibility index (Phi) is 4.99. The van der Waals surface area contributed by atoms with Gasteiger partial charge in [-0.2, -0.15) is 0 Å². The molecule has 4 heteroatoms. The Morgan fingerprint density at radius 3 is 2.39 bits per heavy atom. The van der Waals surface area contributed by atoms with E-state index in [0.29, 0.717) is 0 Å². The third kappa shape index (κ3) is 2.94. The zero-order chi connectivity index (χ0) is 13.8. The van der Waals surface area contributed by atoms with Gasteiger partial charge in [0.2, 0.25) is 0 Å². The second-order valence-corrected chi connectivity index (χ2v) is 5.05. The van der Waals surface area contributed by atoms with Gasteiger partial charge in [0.25, 0.3) is 0 Å². The van der Waals surface area contributed by atoms with Crippen LogP contribution in [0.2, 0.25) is 0 Å². The highest BCUT2D eigenvalue weighted by Crippen LogP contribution is 2.40. The van der Waals surface area contributed by atoms with Crippen LogP contribution in [0.1, 0.15) is 38.8 Å². The number of nitrogens with two attached hydrogens (primary N) is 1. The fourth-order valence-electron chi connectivity index (χ4n) is 2.01. The molecule has 0 aliphatic carbocycles. The first kappa shape index (κ1) is 14.8. The van der Waals surface area contributed by atoms with E-state index in [1.54, 1.807) is 14.2 Å². The van der Waals surface area contributed by atoms with E-state index in [1.807, 2.05) is 18.2 Å². The van der Waals surface area contributed by atoms with Crippen molar-refractivity contribution in [2.24, 2.45) is 11.3 Å². The van der Waals surface area contributed by atoms with Crippen molar-refractivity contribution in [2.45, 2.75) is 33.2 Å². The van der Waals surface area contributed by atoms with E-state index in [9.17, 15) is 0 Å². The molecule has 102 valence electrons. The molecule has 1 aromatic carbocycles. The van der Waals surface area contributed by atoms with Crippen molar-refractivity contribution in [2.75, 3.05) is 14.2 Å². The maximum absolute atomic E-state index is 5.74. The lowest BCUT2D eigenvalue weighted by Gasteiger charge is -2.34. The van der Waals surface area contributed by atoms with Crippen molar-refractivity contribution in [3.05, 3.63) is 23.8 Å². The number of benzene rings is 1. The van der Waals surface area contributed by atoms with Crippen LogP contribution in [0.3, 0.4) is 0 Å². The number of hydrazine groups is 1. The summed E-state index contributed by atoms with van der Waals surface area (Å²) in [5.74, 6) is 7.36.